The number of rotatable bonds is 2. The van der Waals surface area contributed by atoms with Crippen LogP contribution in [0.15, 0.2) is 0 Å². The van der Waals surface area contributed by atoms with Gasteiger partial charge in [-0.15, -0.1) is 0 Å². The van der Waals surface area contributed by atoms with Gasteiger partial charge in [0.2, 0.25) is 5.91 Å². The van der Waals surface area contributed by atoms with Crippen molar-refractivity contribution in [1.29, 1.82) is 0 Å². The largest absolute Gasteiger partial charge is 0.481 e. The molecular weight excluding hydrogens is 246 g/mol. The fraction of sp³-hybridized carbons (Fsp3) is 0.857. The molecule has 5 nitrogen and oxygen atoms in total. The third kappa shape index (κ3) is 2.04. The minimum absolute atomic E-state index is 0.0402. The Kier molecular flexibility index (Phi) is 3.25. The fourth-order valence-corrected chi connectivity index (χ4v) is 4.01. The summed E-state index contributed by atoms with van der Waals surface area (Å²) in [7, 11) is 0. The van der Waals surface area contributed by atoms with E-state index in [2.05, 4.69) is 0 Å². The van der Waals surface area contributed by atoms with Gasteiger partial charge in [0.1, 0.15) is 0 Å². The van der Waals surface area contributed by atoms with Gasteiger partial charge >= 0.3 is 5.97 Å². The topological polar surface area (TPSA) is 66.8 Å². The molecule has 2 aliphatic heterocycles. The predicted octanol–water partition coefficient (Wildman–Crippen LogP) is 1.13. The highest BCUT2D eigenvalue weighted by Gasteiger charge is 2.56. The van der Waals surface area contributed by atoms with Crippen LogP contribution in [0.2, 0.25) is 0 Å². The summed E-state index contributed by atoms with van der Waals surface area (Å²) in [6.45, 7) is 2.36. The van der Waals surface area contributed by atoms with Gasteiger partial charge in [-0.05, 0) is 31.6 Å². The second-order valence-electron chi connectivity index (χ2n) is 6.16. The number of hydrogen-bond acceptors (Lipinski definition) is 3. The third-order valence-electron chi connectivity index (χ3n) is 5.18. The molecule has 2 heterocycles. The summed E-state index contributed by atoms with van der Waals surface area (Å²) in [5.41, 5.74) is -0.652. The molecule has 0 aromatic rings. The van der Waals surface area contributed by atoms with Crippen molar-refractivity contribution in [1.82, 2.24) is 4.90 Å². The van der Waals surface area contributed by atoms with Crippen molar-refractivity contribution in [2.45, 2.75) is 32.1 Å². The zero-order chi connectivity index (χ0) is 13.5. The van der Waals surface area contributed by atoms with Gasteiger partial charge in [0, 0.05) is 32.2 Å². The molecule has 0 spiro atoms. The van der Waals surface area contributed by atoms with Crippen LogP contribution in [0.4, 0.5) is 0 Å². The number of aliphatic carboxylic acids is 1. The first kappa shape index (κ1) is 12.9. The van der Waals surface area contributed by atoms with E-state index in [1.165, 1.54) is 0 Å². The molecule has 3 fully saturated rings. The Bertz CT molecular complexity index is 391. The zero-order valence-electron chi connectivity index (χ0n) is 11.1. The molecule has 0 bridgehead atoms. The Hall–Kier alpha value is -1.10. The SMILES string of the molecule is O=C(C1CCOCC1)N1C[C@@H]2CCC[C@@]2(C(=O)O)C1. The number of fused-ring (bicyclic) bond motifs is 1. The lowest BCUT2D eigenvalue weighted by Crippen LogP contribution is -2.40. The van der Waals surface area contributed by atoms with Gasteiger partial charge < -0.3 is 14.7 Å². The van der Waals surface area contributed by atoms with Crippen LogP contribution in [-0.4, -0.2) is 48.2 Å². The summed E-state index contributed by atoms with van der Waals surface area (Å²) in [6.07, 6.45) is 4.21. The van der Waals surface area contributed by atoms with Crippen LogP contribution in [0, 0.1) is 17.3 Å². The lowest BCUT2D eigenvalue weighted by molar-refractivity contribution is -0.150. The second-order valence-corrected chi connectivity index (χ2v) is 6.16. The average Bonchev–Trinajstić information content (AvgIpc) is 2.96. The molecule has 0 aromatic carbocycles. The van der Waals surface area contributed by atoms with E-state index in [0.717, 1.165) is 32.1 Å². The van der Waals surface area contributed by atoms with Crippen molar-refractivity contribution in [3.8, 4) is 0 Å². The number of hydrogen-bond donors (Lipinski definition) is 1. The lowest BCUT2D eigenvalue weighted by Gasteiger charge is -2.28. The minimum atomic E-state index is -0.711. The molecule has 1 saturated carbocycles. The van der Waals surface area contributed by atoms with Crippen molar-refractivity contribution >= 4 is 11.9 Å². The first-order valence-electron chi connectivity index (χ1n) is 7.23. The Morgan fingerprint density at radius 1 is 1.21 bits per heavy atom. The lowest BCUT2D eigenvalue weighted by atomic mass is 9.81. The molecule has 1 N–H and O–H groups in total. The van der Waals surface area contributed by atoms with Gasteiger partial charge in [-0.1, -0.05) is 6.42 Å². The Balaban J connectivity index is 1.71. The molecular formula is C14H21NO4. The van der Waals surface area contributed by atoms with Crippen molar-refractivity contribution in [2.75, 3.05) is 26.3 Å². The van der Waals surface area contributed by atoms with E-state index in [9.17, 15) is 14.7 Å². The molecule has 2 saturated heterocycles. The number of nitrogens with zero attached hydrogens (tertiary/aromatic N) is 1. The van der Waals surface area contributed by atoms with Crippen molar-refractivity contribution in [2.24, 2.45) is 17.3 Å². The highest BCUT2D eigenvalue weighted by Crippen LogP contribution is 2.49. The van der Waals surface area contributed by atoms with Crippen molar-refractivity contribution in [3.63, 3.8) is 0 Å². The van der Waals surface area contributed by atoms with Gasteiger partial charge in [-0.2, -0.15) is 0 Å². The van der Waals surface area contributed by atoms with E-state index in [1.807, 2.05) is 4.90 Å². The summed E-state index contributed by atoms with van der Waals surface area (Å²) in [5, 5.41) is 9.53. The number of carboxylic acid groups (broad SMARTS) is 1. The standard InChI is InChI=1S/C14H21NO4/c16-12(10-3-6-19-7-4-10)15-8-11-2-1-5-14(11,9-15)13(17)18/h10-11H,1-9H2,(H,17,18)/t11-,14+/m0/s1. The summed E-state index contributed by atoms with van der Waals surface area (Å²) >= 11 is 0. The number of likely N-dealkylation sites (tertiary alicyclic amines) is 1. The summed E-state index contributed by atoms with van der Waals surface area (Å²) in [5.74, 6) is -0.359. The van der Waals surface area contributed by atoms with Crippen LogP contribution in [0.25, 0.3) is 0 Å². The van der Waals surface area contributed by atoms with Gasteiger partial charge in [0.25, 0.3) is 0 Å². The van der Waals surface area contributed by atoms with E-state index in [-0.39, 0.29) is 17.7 Å². The monoisotopic (exact) mass is 267 g/mol. The first-order valence-corrected chi connectivity index (χ1v) is 7.23. The maximum atomic E-state index is 12.5. The number of carboxylic acids is 1. The van der Waals surface area contributed by atoms with E-state index in [0.29, 0.717) is 26.3 Å². The number of amides is 1. The molecule has 0 unspecified atom stereocenters. The fourth-order valence-electron chi connectivity index (χ4n) is 4.01. The average molecular weight is 267 g/mol. The molecule has 0 aromatic heterocycles. The number of carbonyl (C=O) groups is 2. The molecule has 1 aliphatic carbocycles. The molecule has 2 atom stereocenters. The van der Waals surface area contributed by atoms with Crippen LogP contribution >= 0.6 is 0 Å². The smallest absolute Gasteiger partial charge is 0.311 e. The Labute approximate surface area is 112 Å². The molecule has 106 valence electrons. The summed E-state index contributed by atoms with van der Waals surface area (Å²) in [6, 6.07) is 0. The molecule has 3 rings (SSSR count). The highest BCUT2D eigenvalue weighted by atomic mass is 16.5. The molecule has 19 heavy (non-hydrogen) atoms. The first-order chi connectivity index (χ1) is 9.13. The maximum Gasteiger partial charge on any atom is 0.311 e. The Morgan fingerprint density at radius 3 is 2.58 bits per heavy atom. The van der Waals surface area contributed by atoms with Crippen molar-refractivity contribution < 1.29 is 19.4 Å². The quantitative estimate of drug-likeness (QED) is 0.814. The number of carbonyl (C=O) groups excluding carboxylic acids is 1. The second kappa shape index (κ2) is 4.78. The predicted molar refractivity (Wildman–Crippen MR) is 67.5 cm³/mol. The molecule has 1 amide bonds. The van der Waals surface area contributed by atoms with E-state index in [4.69, 9.17) is 4.74 Å². The highest BCUT2D eigenvalue weighted by molar-refractivity contribution is 5.82. The molecule has 0 radical (unpaired) electrons. The van der Waals surface area contributed by atoms with Crippen molar-refractivity contribution in [3.05, 3.63) is 0 Å². The molecule has 5 heteroatoms. The van der Waals surface area contributed by atoms with Gasteiger partial charge in [-0.25, -0.2) is 0 Å². The van der Waals surface area contributed by atoms with Gasteiger partial charge in [-0.3, -0.25) is 9.59 Å². The van der Waals surface area contributed by atoms with E-state index in [1.54, 1.807) is 0 Å². The van der Waals surface area contributed by atoms with Crippen LogP contribution in [0.5, 0.6) is 0 Å². The van der Waals surface area contributed by atoms with Crippen LogP contribution in [-0.2, 0) is 14.3 Å². The van der Waals surface area contributed by atoms with Crippen LogP contribution < -0.4 is 0 Å². The normalized spacial score (nSPS) is 35.4. The van der Waals surface area contributed by atoms with Crippen LogP contribution in [0.3, 0.4) is 0 Å². The Morgan fingerprint density at radius 2 is 1.95 bits per heavy atom. The summed E-state index contributed by atoms with van der Waals surface area (Å²) in [4.78, 5) is 25.9. The zero-order valence-corrected chi connectivity index (χ0v) is 11.1. The third-order valence-corrected chi connectivity index (χ3v) is 5.18. The minimum Gasteiger partial charge on any atom is -0.481 e. The van der Waals surface area contributed by atoms with Gasteiger partial charge in [0.15, 0.2) is 0 Å². The van der Waals surface area contributed by atoms with Crippen LogP contribution in [0.1, 0.15) is 32.1 Å². The van der Waals surface area contributed by atoms with Gasteiger partial charge in [0.05, 0.1) is 5.41 Å². The van der Waals surface area contributed by atoms with E-state index < -0.39 is 11.4 Å². The molecule has 3 aliphatic rings. The maximum absolute atomic E-state index is 12.5. The van der Waals surface area contributed by atoms with E-state index >= 15 is 0 Å². The number of ether oxygens (including phenoxy) is 1. The summed E-state index contributed by atoms with van der Waals surface area (Å²) < 4.78 is 5.28.